The van der Waals surface area contributed by atoms with E-state index in [1.807, 2.05) is 44.4 Å². The molecule has 2 rings (SSSR count). The largest absolute Gasteiger partial charge is 0.356 e. The number of likely N-dealkylation sites (N-methyl/N-ethyl adjacent to an activating group) is 1. The fraction of sp³-hybridized carbons (Fsp3) is 0.529. The van der Waals surface area contributed by atoms with Crippen LogP contribution in [0.5, 0.6) is 0 Å². The van der Waals surface area contributed by atoms with Crippen LogP contribution in [0.3, 0.4) is 0 Å². The minimum Gasteiger partial charge on any atom is -0.356 e. The second kappa shape index (κ2) is 8.08. The fourth-order valence-electron chi connectivity index (χ4n) is 2.69. The maximum Gasteiger partial charge on any atom is 0.251 e. The van der Waals surface area contributed by atoms with Gasteiger partial charge in [-0.3, -0.25) is 9.59 Å². The standard InChI is InChI=1S/C17H25N3O3/c1-19(2)11-7-10-18-17(22)16-15(13-8-5-4-6-9-13)20(3)14(21)12-23-16/h4-6,8-9,15-16H,7,10-12H2,1-3H3,(H,18,22)/t15-,16-/m0/s1. The minimum atomic E-state index is -0.681. The summed E-state index contributed by atoms with van der Waals surface area (Å²) in [5, 5.41) is 2.91. The number of carbonyl (C=O) groups excluding carboxylic acids is 2. The molecule has 0 unspecified atom stereocenters. The first-order valence-electron chi connectivity index (χ1n) is 7.85. The van der Waals surface area contributed by atoms with E-state index in [4.69, 9.17) is 4.74 Å². The molecule has 1 saturated heterocycles. The van der Waals surface area contributed by atoms with E-state index in [2.05, 4.69) is 10.2 Å². The molecule has 23 heavy (non-hydrogen) atoms. The molecule has 1 fully saturated rings. The highest BCUT2D eigenvalue weighted by atomic mass is 16.5. The highest BCUT2D eigenvalue weighted by Crippen LogP contribution is 2.28. The lowest BCUT2D eigenvalue weighted by molar-refractivity contribution is -0.162. The van der Waals surface area contributed by atoms with Crippen molar-refractivity contribution in [2.45, 2.75) is 18.6 Å². The maximum absolute atomic E-state index is 12.5. The van der Waals surface area contributed by atoms with Gasteiger partial charge in [0.15, 0.2) is 6.10 Å². The molecule has 6 nitrogen and oxygen atoms in total. The van der Waals surface area contributed by atoms with Gasteiger partial charge in [-0.1, -0.05) is 30.3 Å². The quantitative estimate of drug-likeness (QED) is 0.782. The normalized spacial score (nSPS) is 21.6. The lowest BCUT2D eigenvalue weighted by Gasteiger charge is -2.38. The van der Waals surface area contributed by atoms with Crippen LogP contribution in [-0.4, -0.2) is 68.6 Å². The first kappa shape index (κ1) is 17.4. The van der Waals surface area contributed by atoms with Crippen LogP contribution in [0.25, 0.3) is 0 Å². The van der Waals surface area contributed by atoms with E-state index in [9.17, 15) is 9.59 Å². The summed E-state index contributed by atoms with van der Waals surface area (Å²) in [7, 11) is 5.71. The molecule has 0 spiro atoms. The molecule has 0 radical (unpaired) electrons. The number of rotatable bonds is 6. The van der Waals surface area contributed by atoms with E-state index in [1.54, 1.807) is 11.9 Å². The van der Waals surface area contributed by atoms with Crippen LogP contribution in [0.1, 0.15) is 18.0 Å². The Morgan fingerprint density at radius 2 is 2.04 bits per heavy atom. The SMILES string of the molecule is CN(C)CCCNC(=O)[C@H]1OCC(=O)N(C)[C@H]1c1ccccc1. The molecule has 0 aromatic heterocycles. The van der Waals surface area contributed by atoms with Crippen molar-refractivity contribution in [2.75, 3.05) is 40.8 Å². The predicted molar refractivity (Wildman–Crippen MR) is 87.9 cm³/mol. The average Bonchev–Trinajstić information content (AvgIpc) is 2.54. The van der Waals surface area contributed by atoms with Gasteiger partial charge in [0.2, 0.25) is 5.91 Å². The number of hydrogen-bond donors (Lipinski definition) is 1. The average molecular weight is 319 g/mol. The van der Waals surface area contributed by atoms with Gasteiger partial charge in [0.05, 0.1) is 6.04 Å². The van der Waals surface area contributed by atoms with Crippen LogP contribution in [0.4, 0.5) is 0 Å². The van der Waals surface area contributed by atoms with E-state index >= 15 is 0 Å². The molecule has 0 saturated carbocycles. The first-order valence-corrected chi connectivity index (χ1v) is 7.85. The number of morpholine rings is 1. The van der Waals surface area contributed by atoms with Gasteiger partial charge in [-0.25, -0.2) is 0 Å². The van der Waals surface area contributed by atoms with E-state index in [0.29, 0.717) is 6.54 Å². The molecule has 0 bridgehead atoms. The number of ether oxygens (including phenoxy) is 1. The van der Waals surface area contributed by atoms with Crippen molar-refractivity contribution >= 4 is 11.8 Å². The van der Waals surface area contributed by atoms with Gasteiger partial charge < -0.3 is 19.9 Å². The van der Waals surface area contributed by atoms with Crippen molar-refractivity contribution in [1.82, 2.24) is 15.1 Å². The molecule has 0 aliphatic carbocycles. The predicted octanol–water partition coefficient (Wildman–Crippen LogP) is 0.653. The lowest BCUT2D eigenvalue weighted by atomic mass is 9.97. The second-order valence-corrected chi connectivity index (χ2v) is 6.04. The number of nitrogens with one attached hydrogen (secondary N) is 1. The number of nitrogens with zero attached hydrogens (tertiary/aromatic N) is 2. The van der Waals surface area contributed by atoms with Crippen LogP contribution in [-0.2, 0) is 14.3 Å². The Labute approximate surface area is 137 Å². The van der Waals surface area contributed by atoms with Crippen LogP contribution in [0, 0.1) is 0 Å². The maximum atomic E-state index is 12.5. The molecule has 1 aliphatic rings. The topological polar surface area (TPSA) is 61.9 Å². The van der Waals surface area contributed by atoms with Gasteiger partial charge in [0.25, 0.3) is 5.91 Å². The summed E-state index contributed by atoms with van der Waals surface area (Å²) >= 11 is 0. The molecular weight excluding hydrogens is 294 g/mol. The molecule has 1 aliphatic heterocycles. The van der Waals surface area contributed by atoms with Crippen molar-refractivity contribution in [3.8, 4) is 0 Å². The molecule has 2 atom stereocenters. The van der Waals surface area contributed by atoms with Crippen molar-refractivity contribution in [1.29, 1.82) is 0 Å². The number of benzene rings is 1. The third kappa shape index (κ3) is 4.53. The van der Waals surface area contributed by atoms with Crippen LogP contribution in [0.2, 0.25) is 0 Å². The molecule has 1 aromatic carbocycles. The number of carbonyl (C=O) groups is 2. The van der Waals surface area contributed by atoms with Crippen LogP contribution in [0.15, 0.2) is 30.3 Å². The molecule has 1 aromatic rings. The molecule has 126 valence electrons. The lowest BCUT2D eigenvalue weighted by Crippen LogP contribution is -2.53. The summed E-state index contributed by atoms with van der Waals surface area (Å²) in [4.78, 5) is 28.1. The Hall–Kier alpha value is -1.92. The summed E-state index contributed by atoms with van der Waals surface area (Å²) in [5.41, 5.74) is 0.900. The summed E-state index contributed by atoms with van der Waals surface area (Å²) < 4.78 is 5.55. The zero-order chi connectivity index (χ0) is 16.8. The third-order valence-corrected chi connectivity index (χ3v) is 3.96. The third-order valence-electron chi connectivity index (χ3n) is 3.96. The Morgan fingerprint density at radius 1 is 1.35 bits per heavy atom. The van der Waals surface area contributed by atoms with Crippen molar-refractivity contribution in [3.63, 3.8) is 0 Å². The highest BCUT2D eigenvalue weighted by molar-refractivity contribution is 5.86. The van der Waals surface area contributed by atoms with E-state index in [1.165, 1.54) is 0 Å². The van der Waals surface area contributed by atoms with Gasteiger partial charge in [0.1, 0.15) is 6.61 Å². The van der Waals surface area contributed by atoms with E-state index in [0.717, 1.165) is 18.5 Å². The minimum absolute atomic E-state index is 0.0599. The van der Waals surface area contributed by atoms with Gasteiger partial charge in [-0.15, -0.1) is 0 Å². The number of amides is 2. The van der Waals surface area contributed by atoms with Crippen molar-refractivity contribution < 1.29 is 14.3 Å². The van der Waals surface area contributed by atoms with Crippen LogP contribution < -0.4 is 5.32 Å². The molecule has 2 amide bonds. The van der Waals surface area contributed by atoms with E-state index < -0.39 is 12.1 Å². The molecule has 6 heteroatoms. The molecule has 1 N–H and O–H groups in total. The zero-order valence-electron chi connectivity index (χ0n) is 14.0. The van der Waals surface area contributed by atoms with E-state index in [-0.39, 0.29) is 18.4 Å². The monoisotopic (exact) mass is 319 g/mol. The summed E-state index contributed by atoms with van der Waals surface area (Å²) in [6.45, 7) is 1.44. The summed E-state index contributed by atoms with van der Waals surface area (Å²) in [6, 6.07) is 9.13. The molecular formula is C17H25N3O3. The van der Waals surface area contributed by atoms with Gasteiger partial charge >= 0.3 is 0 Å². The van der Waals surface area contributed by atoms with Crippen LogP contribution >= 0.6 is 0 Å². The van der Waals surface area contributed by atoms with Crippen molar-refractivity contribution in [3.05, 3.63) is 35.9 Å². The smallest absolute Gasteiger partial charge is 0.251 e. The fourth-order valence-corrected chi connectivity index (χ4v) is 2.69. The number of hydrogen-bond acceptors (Lipinski definition) is 4. The van der Waals surface area contributed by atoms with Crippen molar-refractivity contribution in [2.24, 2.45) is 0 Å². The Kier molecular flexibility index (Phi) is 6.12. The Bertz CT molecular complexity index is 533. The Balaban J connectivity index is 2.05. The van der Waals surface area contributed by atoms with Gasteiger partial charge in [-0.05, 0) is 32.6 Å². The Morgan fingerprint density at radius 3 is 2.70 bits per heavy atom. The first-order chi connectivity index (χ1) is 11.0. The highest BCUT2D eigenvalue weighted by Gasteiger charge is 2.39. The second-order valence-electron chi connectivity index (χ2n) is 6.04. The zero-order valence-corrected chi connectivity index (χ0v) is 14.0. The summed E-state index contributed by atoms with van der Waals surface area (Å²) in [5.74, 6) is -0.285. The molecule has 1 heterocycles. The van der Waals surface area contributed by atoms with Gasteiger partial charge in [-0.2, -0.15) is 0 Å². The summed E-state index contributed by atoms with van der Waals surface area (Å²) in [6.07, 6.45) is 0.190. The van der Waals surface area contributed by atoms with Gasteiger partial charge in [0, 0.05) is 13.6 Å².